The second kappa shape index (κ2) is 6.97. The summed E-state index contributed by atoms with van der Waals surface area (Å²) in [6.45, 7) is 1.01. The Balaban J connectivity index is 1.35. The number of carbonyl (C=O) groups is 1. The number of nitrogens with zero attached hydrogens (tertiary/aromatic N) is 1. The molecule has 2 atom stereocenters. The molecule has 2 fully saturated rings. The number of fused-ring (bicyclic) bond motifs is 3. The van der Waals surface area contributed by atoms with Gasteiger partial charge in [-0.05, 0) is 55.5 Å². The van der Waals surface area contributed by atoms with Crippen molar-refractivity contribution in [1.82, 2.24) is 4.90 Å². The second-order valence-corrected chi connectivity index (χ2v) is 8.10. The molecule has 3 nitrogen and oxygen atoms in total. The van der Waals surface area contributed by atoms with Crippen LogP contribution in [0.5, 0.6) is 0 Å². The quantitative estimate of drug-likeness (QED) is 0.581. The molecule has 2 bridgehead atoms. The number of Topliss-reactive ketones (excluding diaryl/α,β-unsaturated/α-hetero) is 1. The highest BCUT2D eigenvalue weighted by Gasteiger charge is 2.40. The number of carbonyl (C=O) groups excluding carboxylic acids is 1. The molecule has 2 aliphatic rings. The summed E-state index contributed by atoms with van der Waals surface area (Å²) in [7, 11) is 0. The van der Waals surface area contributed by atoms with Crippen LogP contribution in [0.2, 0.25) is 0 Å². The van der Waals surface area contributed by atoms with Gasteiger partial charge < -0.3 is 4.42 Å². The standard InChI is InChI=1S/C24H25NO2/c26-24(19-9-10-23-18(13-19)11-12-27-23)20-14-21-7-4-8-22(15-20)25(21)16-17-5-2-1-3-6-17/h1-3,5-6,9-13,20-22H,4,7-8,14-16H2. The van der Waals surface area contributed by atoms with E-state index in [1.807, 2.05) is 24.3 Å². The molecular formula is C24H25NO2. The summed E-state index contributed by atoms with van der Waals surface area (Å²) in [5, 5.41) is 1.02. The summed E-state index contributed by atoms with van der Waals surface area (Å²) in [6.07, 6.45) is 7.40. The summed E-state index contributed by atoms with van der Waals surface area (Å²) in [6, 6.07) is 19.6. The van der Waals surface area contributed by atoms with Gasteiger partial charge in [0.05, 0.1) is 6.26 Å². The summed E-state index contributed by atoms with van der Waals surface area (Å²) in [4.78, 5) is 15.9. The van der Waals surface area contributed by atoms with Crippen LogP contribution >= 0.6 is 0 Å². The first kappa shape index (κ1) is 16.8. The molecule has 3 aromatic rings. The van der Waals surface area contributed by atoms with E-state index in [-0.39, 0.29) is 5.92 Å². The van der Waals surface area contributed by atoms with Crippen molar-refractivity contribution in [1.29, 1.82) is 0 Å². The van der Waals surface area contributed by atoms with Gasteiger partial charge in [0.2, 0.25) is 0 Å². The van der Waals surface area contributed by atoms with E-state index in [2.05, 4.69) is 35.2 Å². The third-order valence-corrected chi connectivity index (χ3v) is 6.44. The van der Waals surface area contributed by atoms with Crippen molar-refractivity contribution in [2.24, 2.45) is 5.92 Å². The van der Waals surface area contributed by atoms with Crippen LogP contribution in [0.25, 0.3) is 11.0 Å². The van der Waals surface area contributed by atoms with Crippen molar-refractivity contribution in [3.63, 3.8) is 0 Å². The average Bonchev–Trinajstić information content (AvgIpc) is 3.16. The van der Waals surface area contributed by atoms with Crippen LogP contribution in [0, 0.1) is 5.92 Å². The minimum absolute atomic E-state index is 0.150. The van der Waals surface area contributed by atoms with Gasteiger partial charge in [-0.15, -0.1) is 0 Å². The number of rotatable bonds is 4. The topological polar surface area (TPSA) is 33.5 Å². The predicted octanol–water partition coefficient (Wildman–Crippen LogP) is 5.45. The number of hydrogen-bond donors (Lipinski definition) is 0. The van der Waals surface area contributed by atoms with Crippen molar-refractivity contribution >= 4 is 16.8 Å². The number of benzene rings is 2. The maximum absolute atomic E-state index is 13.2. The highest BCUT2D eigenvalue weighted by molar-refractivity contribution is 6.00. The predicted molar refractivity (Wildman–Crippen MR) is 107 cm³/mol. The first-order valence-electron chi connectivity index (χ1n) is 10.1. The van der Waals surface area contributed by atoms with Gasteiger partial charge in [0.25, 0.3) is 0 Å². The largest absolute Gasteiger partial charge is 0.464 e. The number of ketones is 1. The fourth-order valence-electron chi connectivity index (χ4n) is 5.10. The minimum atomic E-state index is 0.150. The molecular weight excluding hydrogens is 334 g/mol. The van der Waals surface area contributed by atoms with Crippen molar-refractivity contribution < 1.29 is 9.21 Å². The Labute approximate surface area is 160 Å². The molecule has 0 N–H and O–H groups in total. The van der Waals surface area contributed by atoms with E-state index in [4.69, 9.17) is 4.42 Å². The van der Waals surface area contributed by atoms with E-state index >= 15 is 0 Å². The molecule has 0 saturated carbocycles. The molecule has 3 heteroatoms. The van der Waals surface area contributed by atoms with Crippen LogP contribution in [0.3, 0.4) is 0 Å². The van der Waals surface area contributed by atoms with E-state index in [1.54, 1.807) is 6.26 Å². The highest BCUT2D eigenvalue weighted by atomic mass is 16.3. The normalized spacial score (nSPS) is 25.6. The molecule has 5 rings (SSSR count). The molecule has 0 spiro atoms. The van der Waals surface area contributed by atoms with Crippen molar-refractivity contribution in [3.05, 3.63) is 72.0 Å². The monoisotopic (exact) mass is 359 g/mol. The lowest BCUT2D eigenvalue weighted by Crippen LogP contribution is -2.52. The van der Waals surface area contributed by atoms with Gasteiger partial charge in [-0.2, -0.15) is 0 Å². The van der Waals surface area contributed by atoms with Gasteiger partial charge in [0.15, 0.2) is 5.78 Å². The molecule has 27 heavy (non-hydrogen) atoms. The molecule has 2 aromatic carbocycles. The maximum atomic E-state index is 13.2. The third-order valence-electron chi connectivity index (χ3n) is 6.44. The first-order valence-corrected chi connectivity index (χ1v) is 10.1. The molecule has 1 aromatic heterocycles. The Bertz CT molecular complexity index is 931. The van der Waals surface area contributed by atoms with Gasteiger partial charge in [-0.3, -0.25) is 9.69 Å². The molecule has 0 amide bonds. The van der Waals surface area contributed by atoms with Crippen LogP contribution < -0.4 is 0 Å². The Morgan fingerprint density at radius 3 is 2.56 bits per heavy atom. The SMILES string of the molecule is O=C(c1ccc2occc2c1)C1CC2CCCC(C1)N2Cc1ccccc1. The number of hydrogen-bond acceptors (Lipinski definition) is 3. The van der Waals surface area contributed by atoms with Crippen LogP contribution in [0.1, 0.15) is 48.0 Å². The lowest BCUT2D eigenvalue weighted by molar-refractivity contribution is 0.00907. The first-order chi connectivity index (χ1) is 13.3. The van der Waals surface area contributed by atoms with E-state index in [0.29, 0.717) is 17.9 Å². The molecule has 2 saturated heterocycles. The van der Waals surface area contributed by atoms with Gasteiger partial charge in [0.1, 0.15) is 5.58 Å². The van der Waals surface area contributed by atoms with Crippen molar-refractivity contribution in [2.45, 2.75) is 50.7 Å². The van der Waals surface area contributed by atoms with Crippen LogP contribution in [-0.2, 0) is 6.54 Å². The molecule has 0 aliphatic carbocycles. The van der Waals surface area contributed by atoms with Gasteiger partial charge >= 0.3 is 0 Å². The molecule has 3 heterocycles. The maximum Gasteiger partial charge on any atom is 0.166 e. The Morgan fingerprint density at radius 2 is 1.78 bits per heavy atom. The molecule has 2 aliphatic heterocycles. The molecule has 2 unspecified atom stereocenters. The highest BCUT2D eigenvalue weighted by Crippen LogP contribution is 2.39. The van der Waals surface area contributed by atoms with Gasteiger partial charge in [0, 0.05) is 35.5 Å². The van der Waals surface area contributed by atoms with Crippen LogP contribution in [0.15, 0.2) is 65.3 Å². The lowest BCUT2D eigenvalue weighted by Gasteiger charge is -2.48. The van der Waals surface area contributed by atoms with Crippen LogP contribution in [-0.4, -0.2) is 22.8 Å². The van der Waals surface area contributed by atoms with E-state index in [9.17, 15) is 4.79 Å². The Kier molecular flexibility index (Phi) is 4.33. The zero-order valence-corrected chi connectivity index (χ0v) is 15.5. The fraction of sp³-hybridized carbons (Fsp3) is 0.375. The van der Waals surface area contributed by atoms with Gasteiger partial charge in [-0.25, -0.2) is 0 Å². The zero-order valence-electron chi connectivity index (χ0n) is 15.5. The van der Waals surface area contributed by atoms with Gasteiger partial charge in [-0.1, -0.05) is 36.8 Å². The average molecular weight is 359 g/mol. The zero-order chi connectivity index (χ0) is 18.2. The van der Waals surface area contributed by atoms with E-state index in [0.717, 1.165) is 35.9 Å². The number of piperidine rings is 2. The van der Waals surface area contributed by atoms with E-state index < -0.39 is 0 Å². The Morgan fingerprint density at radius 1 is 1.00 bits per heavy atom. The Hall–Kier alpha value is -2.39. The lowest BCUT2D eigenvalue weighted by atomic mass is 9.75. The van der Waals surface area contributed by atoms with Crippen molar-refractivity contribution in [3.8, 4) is 0 Å². The molecule has 138 valence electrons. The third kappa shape index (κ3) is 3.21. The van der Waals surface area contributed by atoms with Crippen molar-refractivity contribution in [2.75, 3.05) is 0 Å². The summed E-state index contributed by atoms with van der Waals surface area (Å²) < 4.78 is 5.41. The minimum Gasteiger partial charge on any atom is -0.464 e. The second-order valence-electron chi connectivity index (χ2n) is 8.10. The summed E-state index contributed by atoms with van der Waals surface area (Å²) >= 11 is 0. The van der Waals surface area contributed by atoms with Crippen LogP contribution in [0.4, 0.5) is 0 Å². The number of furan rings is 1. The summed E-state index contributed by atoms with van der Waals surface area (Å²) in [5.74, 6) is 0.464. The summed E-state index contributed by atoms with van der Waals surface area (Å²) in [5.41, 5.74) is 3.06. The fourth-order valence-corrected chi connectivity index (χ4v) is 5.10. The smallest absolute Gasteiger partial charge is 0.166 e. The molecule has 0 radical (unpaired) electrons. The van der Waals surface area contributed by atoms with E-state index in [1.165, 1.54) is 24.8 Å².